The number of nitrogens with one attached hydrogen (secondary N) is 1. The molecule has 18 heavy (non-hydrogen) atoms. The molecule has 1 saturated carbocycles. The number of amides is 1. The molecule has 0 heterocycles. The monoisotopic (exact) mass is 256 g/mol. The van der Waals surface area contributed by atoms with Crippen molar-refractivity contribution in [3.63, 3.8) is 0 Å². The number of rotatable bonds is 5. The number of hydrogen-bond acceptors (Lipinski definition) is 3. The molecule has 4 nitrogen and oxygen atoms in total. The zero-order chi connectivity index (χ0) is 13.8. The minimum absolute atomic E-state index is 0.0591. The van der Waals surface area contributed by atoms with Crippen molar-refractivity contribution in [2.45, 2.75) is 58.6 Å². The van der Waals surface area contributed by atoms with E-state index in [2.05, 4.69) is 26.1 Å². The first-order valence-electron chi connectivity index (χ1n) is 6.90. The first-order chi connectivity index (χ1) is 8.38. The van der Waals surface area contributed by atoms with Gasteiger partial charge in [-0.2, -0.15) is 0 Å². The normalized spacial score (nSPS) is 28.7. The molecular weight excluding hydrogens is 228 g/mol. The molecule has 1 amide bonds. The van der Waals surface area contributed by atoms with Crippen LogP contribution in [0.15, 0.2) is 0 Å². The van der Waals surface area contributed by atoms with Crippen LogP contribution in [-0.2, 0) is 9.53 Å². The maximum Gasteiger partial charge on any atom is 0.222 e. The largest absolute Gasteiger partial charge is 0.380 e. The number of carbonyl (C=O) groups is 1. The SMILES string of the molecule is COC(CN)CC(=O)NC1CCC(C)(C)CC1C. The first-order valence-corrected chi connectivity index (χ1v) is 6.90. The highest BCUT2D eigenvalue weighted by Gasteiger charge is 2.33. The quantitative estimate of drug-likeness (QED) is 0.786. The number of carbonyl (C=O) groups excluding carboxylic acids is 1. The third-order valence-corrected chi connectivity index (χ3v) is 4.05. The van der Waals surface area contributed by atoms with E-state index < -0.39 is 0 Å². The Morgan fingerprint density at radius 3 is 2.72 bits per heavy atom. The van der Waals surface area contributed by atoms with E-state index >= 15 is 0 Å². The average molecular weight is 256 g/mol. The van der Waals surface area contributed by atoms with E-state index in [0.29, 0.717) is 30.3 Å². The maximum absolute atomic E-state index is 11.9. The molecule has 1 rings (SSSR count). The van der Waals surface area contributed by atoms with Gasteiger partial charge >= 0.3 is 0 Å². The molecule has 1 aliphatic carbocycles. The molecule has 0 saturated heterocycles. The Bertz CT molecular complexity index is 275. The van der Waals surface area contributed by atoms with E-state index in [-0.39, 0.29) is 12.0 Å². The van der Waals surface area contributed by atoms with Crippen molar-refractivity contribution in [1.29, 1.82) is 0 Å². The summed E-state index contributed by atoms with van der Waals surface area (Å²) in [7, 11) is 1.59. The number of nitrogens with two attached hydrogens (primary N) is 1. The van der Waals surface area contributed by atoms with Gasteiger partial charge in [0.05, 0.1) is 12.5 Å². The van der Waals surface area contributed by atoms with Gasteiger partial charge in [-0.15, -0.1) is 0 Å². The van der Waals surface area contributed by atoms with E-state index in [1.54, 1.807) is 7.11 Å². The lowest BCUT2D eigenvalue weighted by Crippen LogP contribution is -2.45. The van der Waals surface area contributed by atoms with Crippen LogP contribution in [0.25, 0.3) is 0 Å². The van der Waals surface area contributed by atoms with Gasteiger partial charge in [0, 0.05) is 19.7 Å². The third kappa shape index (κ3) is 4.58. The molecule has 3 unspecified atom stereocenters. The summed E-state index contributed by atoms with van der Waals surface area (Å²) in [5.74, 6) is 0.598. The van der Waals surface area contributed by atoms with Crippen molar-refractivity contribution >= 4 is 5.91 Å². The predicted molar refractivity (Wildman–Crippen MR) is 73.2 cm³/mol. The summed E-state index contributed by atoms with van der Waals surface area (Å²) in [6.07, 6.45) is 3.61. The molecule has 1 fully saturated rings. The minimum atomic E-state index is -0.166. The second-order valence-electron chi connectivity index (χ2n) is 6.36. The summed E-state index contributed by atoms with van der Waals surface area (Å²) in [6.45, 7) is 7.22. The molecule has 0 bridgehead atoms. The number of methoxy groups -OCH3 is 1. The van der Waals surface area contributed by atoms with Gasteiger partial charge < -0.3 is 15.8 Å². The van der Waals surface area contributed by atoms with Crippen molar-refractivity contribution in [2.24, 2.45) is 17.1 Å². The van der Waals surface area contributed by atoms with Gasteiger partial charge in [-0.05, 0) is 30.6 Å². The zero-order valence-corrected chi connectivity index (χ0v) is 12.2. The standard InChI is InChI=1S/C14H28N2O2/c1-10-8-14(2,3)6-5-12(10)16-13(17)7-11(9-15)18-4/h10-12H,5-9,15H2,1-4H3,(H,16,17). The van der Waals surface area contributed by atoms with Gasteiger partial charge in [0.1, 0.15) is 0 Å². The first kappa shape index (κ1) is 15.4. The minimum Gasteiger partial charge on any atom is -0.380 e. The summed E-state index contributed by atoms with van der Waals surface area (Å²) in [5, 5.41) is 3.13. The van der Waals surface area contributed by atoms with Crippen LogP contribution in [-0.4, -0.2) is 31.7 Å². The summed E-state index contributed by atoms with van der Waals surface area (Å²) in [6, 6.07) is 0.306. The van der Waals surface area contributed by atoms with Gasteiger partial charge in [-0.25, -0.2) is 0 Å². The molecule has 0 spiro atoms. The van der Waals surface area contributed by atoms with Crippen LogP contribution in [0.4, 0.5) is 0 Å². The summed E-state index contributed by atoms with van der Waals surface area (Å²) >= 11 is 0. The highest BCUT2D eigenvalue weighted by molar-refractivity contribution is 5.76. The van der Waals surface area contributed by atoms with Crippen molar-refractivity contribution in [3.05, 3.63) is 0 Å². The van der Waals surface area contributed by atoms with Crippen molar-refractivity contribution < 1.29 is 9.53 Å². The molecule has 3 atom stereocenters. The summed E-state index contributed by atoms with van der Waals surface area (Å²) in [4.78, 5) is 11.9. The molecule has 3 N–H and O–H groups in total. The zero-order valence-electron chi connectivity index (χ0n) is 12.2. The van der Waals surface area contributed by atoms with Gasteiger partial charge in [0.15, 0.2) is 0 Å². The van der Waals surface area contributed by atoms with Crippen LogP contribution < -0.4 is 11.1 Å². The Balaban J connectivity index is 2.41. The molecule has 4 heteroatoms. The van der Waals surface area contributed by atoms with E-state index in [9.17, 15) is 4.79 Å². The molecule has 0 aliphatic heterocycles. The van der Waals surface area contributed by atoms with Crippen LogP contribution in [0.5, 0.6) is 0 Å². The van der Waals surface area contributed by atoms with Crippen LogP contribution >= 0.6 is 0 Å². The smallest absolute Gasteiger partial charge is 0.222 e. The third-order valence-electron chi connectivity index (χ3n) is 4.05. The predicted octanol–water partition coefficient (Wildman–Crippen LogP) is 1.68. The van der Waals surface area contributed by atoms with Crippen LogP contribution in [0.1, 0.15) is 46.5 Å². The Hall–Kier alpha value is -0.610. The van der Waals surface area contributed by atoms with Crippen LogP contribution in [0.3, 0.4) is 0 Å². The van der Waals surface area contributed by atoms with E-state index in [4.69, 9.17) is 10.5 Å². The van der Waals surface area contributed by atoms with Crippen LogP contribution in [0.2, 0.25) is 0 Å². The van der Waals surface area contributed by atoms with E-state index in [1.165, 1.54) is 12.8 Å². The average Bonchev–Trinajstić information content (AvgIpc) is 2.29. The Labute approximate surface area is 111 Å². The fraction of sp³-hybridized carbons (Fsp3) is 0.929. The van der Waals surface area contributed by atoms with Crippen molar-refractivity contribution in [3.8, 4) is 0 Å². The highest BCUT2D eigenvalue weighted by atomic mass is 16.5. The van der Waals surface area contributed by atoms with E-state index in [0.717, 1.165) is 6.42 Å². The lowest BCUT2D eigenvalue weighted by molar-refractivity contribution is -0.124. The Morgan fingerprint density at radius 1 is 1.56 bits per heavy atom. The Morgan fingerprint density at radius 2 is 2.22 bits per heavy atom. The maximum atomic E-state index is 11.9. The fourth-order valence-electron chi connectivity index (χ4n) is 2.90. The summed E-state index contributed by atoms with van der Waals surface area (Å²) < 4.78 is 5.13. The topological polar surface area (TPSA) is 64.3 Å². The molecular formula is C14H28N2O2. The van der Waals surface area contributed by atoms with Gasteiger partial charge in [-0.3, -0.25) is 4.79 Å². The Kier molecular flexibility index (Phi) is 5.60. The lowest BCUT2D eigenvalue weighted by Gasteiger charge is -2.39. The molecule has 0 aromatic carbocycles. The second kappa shape index (κ2) is 6.53. The number of ether oxygens (including phenoxy) is 1. The molecule has 106 valence electrons. The molecule has 0 aromatic heterocycles. The molecule has 0 radical (unpaired) electrons. The van der Waals surface area contributed by atoms with Crippen molar-refractivity contribution in [1.82, 2.24) is 5.32 Å². The second-order valence-corrected chi connectivity index (χ2v) is 6.36. The van der Waals surface area contributed by atoms with Crippen LogP contribution in [0, 0.1) is 11.3 Å². The van der Waals surface area contributed by atoms with E-state index in [1.807, 2.05) is 0 Å². The molecule has 1 aliphatic rings. The summed E-state index contributed by atoms with van der Waals surface area (Å²) in [5.41, 5.74) is 5.93. The van der Waals surface area contributed by atoms with Crippen molar-refractivity contribution in [2.75, 3.05) is 13.7 Å². The van der Waals surface area contributed by atoms with Gasteiger partial charge in [0.25, 0.3) is 0 Å². The fourth-order valence-corrected chi connectivity index (χ4v) is 2.90. The van der Waals surface area contributed by atoms with Gasteiger partial charge in [-0.1, -0.05) is 20.8 Å². The highest BCUT2D eigenvalue weighted by Crippen LogP contribution is 2.38. The van der Waals surface area contributed by atoms with Gasteiger partial charge in [0.2, 0.25) is 5.91 Å². The number of hydrogen-bond donors (Lipinski definition) is 2. The lowest BCUT2D eigenvalue weighted by atomic mass is 9.70. The molecule has 0 aromatic rings.